The maximum atomic E-state index is 12.9. The Bertz CT molecular complexity index is 1100. The van der Waals surface area contributed by atoms with Crippen LogP contribution in [0, 0.1) is 13.8 Å². The van der Waals surface area contributed by atoms with Gasteiger partial charge in [0.25, 0.3) is 11.1 Å². The molecule has 174 valence electrons. The summed E-state index contributed by atoms with van der Waals surface area (Å²) in [6.45, 7) is 10.7. The first-order valence-electron chi connectivity index (χ1n) is 11.3. The van der Waals surface area contributed by atoms with E-state index in [-0.39, 0.29) is 17.7 Å². The Morgan fingerprint density at radius 2 is 1.73 bits per heavy atom. The third-order valence-corrected chi connectivity index (χ3v) is 7.15. The minimum atomic E-state index is -0.393. The van der Waals surface area contributed by atoms with Crippen molar-refractivity contribution in [2.45, 2.75) is 33.7 Å². The lowest BCUT2D eigenvalue weighted by atomic mass is 10.2. The van der Waals surface area contributed by atoms with E-state index in [1.165, 1.54) is 0 Å². The highest BCUT2D eigenvalue weighted by atomic mass is 32.2. The molecule has 33 heavy (non-hydrogen) atoms. The summed E-state index contributed by atoms with van der Waals surface area (Å²) in [6, 6.07) is 12.4. The van der Waals surface area contributed by atoms with E-state index in [4.69, 9.17) is 0 Å². The molecule has 2 aliphatic heterocycles. The van der Waals surface area contributed by atoms with Crippen molar-refractivity contribution >= 4 is 40.6 Å². The van der Waals surface area contributed by atoms with Gasteiger partial charge in [-0.25, -0.2) is 0 Å². The van der Waals surface area contributed by atoms with E-state index in [1.54, 1.807) is 11.0 Å². The number of para-hydroxylation sites is 1. The van der Waals surface area contributed by atoms with Gasteiger partial charge in [0.1, 0.15) is 6.54 Å². The summed E-state index contributed by atoms with van der Waals surface area (Å²) < 4.78 is 2.20. The SMILES string of the molecule is Cc1cc(C=C2SC(=O)N(CC(=O)N3CCN(c4ccccc4)CC3)C2=O)c(C)n1C(C)C. The molecule has 0 radical (unpaired) electrons. The van der Waals surface area contributed by atoms with Gasteiger partial charge in [-0.2, -0.15) is 0 Å². The lowest BCUT2D eigenvalue weighted by Gasteiger charge is -2.36. The van der Waals surface area contributed by atoms with Crippen LogP contribution in [0.2, 0.25) is 0 Å². The largest absolute Gasteiger partial charge is 0.368 e. The molecule has 0 unspecified atom stereocenters. The molecule has 0 bridgehead atoms. The summed E-state index contributed by atoms with van der Waals surface area (Å²) in [5.74, 6) is -0.583. The Balaban J connectivity index is 1.40. The number of carbonyl (C=O) groups excluding carboxylic acids is 3. The highest BCUT2D eigenvalue weighted by molar-refractivity contribution is 8.18. The number of rotatable bonds is 5. The molecule has 7 nitrogen and oxygen atoms in total. The lowest BCUT2D eigenvalue weighted by molar-refractivity contribution is -0.136. The van der Waals surface area contributed by atoms with Crippen LogP contribution < -0.4 is 4.90 Å². The van der Waals surface area contributed by atoms with Crippen molar-refractivity contribution in [3.8, 4) is 0 Å². The first-order chi connectivity index (χ1) is 15.8. The number of aromatic nitrogens is 1. The van der Waals surface area contributed by atoms with Crippen LogP contribution in [0.15, 0.2) is 41.3 Å². The molecule has 0 saturated carbocycles. The molecule has 8 heteroatoms. The molecule has 3 amide bonds. The van der Waals surface area contributed by atoms with Crippen LogP contribution in [0.25, 0.3) is 6.08 Å². The van der Waals surface area contributed by atoms with Crippen molar-refractivity contribution < 1.29 is 14.4 Å². The van der Waals surface area contributed by atoms with Crippen molar-refractivity contribution in [3.05, 3.63) is 58.3 Å². The zero-order chi connectivity index (χ0) is 23.7. The maximum Gasteiger partial charge on any atom is 0.294 e. The van der Waals surface area contributed by atoms with Gasteiger partial charge in [0, 0.05) is 49.3 Å². The molecule has 0 spiro atoms. The molecule has 2 aliphatic rings. The number of hydrogen-bond acceptors (Lipinski definition) is 5. The summed E-state index contributed by atoms with van der Waals surface area (Å²) in [4.78, 5) is 43.8. The number of piperazine rings is 1. The topological polar surface area (TPSA) is 65.9 Å². The number of nitrogens with zero attached hydrogens (tertiary/aromatic N) is 4. The highest BCUT2D eigenvalue weighted by Crippen LogP contribution is 2.33. The van der Waals surface area contributed by atoms with Gasteiger partial charge in [0.2, 0.25) is 5.91 Å². The van der Waals surface area contributed by atoms with Gasteiger partial charge in [0.05, 0.1) is 4.91 Å². The smallest absolute Gasteiger partial charge is 0.294 e. The predicted octanol–water partition coefficient (Wildman–Crippen LogP) is 4.07. The first-order valence-corrected chi connectivity index (χ1v) is 12.1. The molecule has 0 aliphatic carbocycles. The molecule has 4 rings (SSSR count). The molecule has 1 aromatic heterocycles. The fourth-order valence-corrected chi connectivity index (χ4v) is 5.44. The summed E-state index contributed by atoms with van der Waals surface area (Å²) in [7, 11) is 0. The Morgan fingerprint density at radius 1 is 1.06 bits per heavy atom. The van der Waals surface area contributed by atoms with Gasteiger partial charge >= 0.3 is 0 Å². The van der Waals surface area contributed by atoms with Gasteiger partial charge in [-0.15, -0.1) is 0 Å². The second kappa shape index (κ2) is 9.47. The standard InChI is InChI=1S/C25H30N4O3S/c1-17(2)29-18(3)14-20(19(29)4)15-22-24(31)28(25(32)33-22)16-23(30)27-12-10-26(11-13-27)21-8-6-5-7-9-21/h5-9,14-15,17H,10-13,16H2,1-4H3. The molecule has 0 N–H and O–H groups in total. The Hall–Kier alpha value is -3.00. The van der Waals surface area contributed by atoms with Crippen molar-refractivity contribution in [1.82, 2.24) is 14.4 Å². The van der Waals surface area contributed by atoms with Crippen LogP contribution in [-0.2, 0) is 9.59 Å². The summed E-state index contributed by atoms with van der Waals surface area (Å²) in [6.07, 6.45) is 1.77. The van der Waals surface area contributed by atoms with Gasteiger partial charge in [-0.1, -0.05) is 18.2 Å². The van der Waals surface area contributed by atoms with Crippen LogP contribution in [-0.4, -0.2) is 64.1 Å². The molecular weight excluding hydrogens is 436 g/mol. The average molecular weight is 467 g/mol. The van der Waals surface area contributed by atoms with Crippen LogP contribution in [0.5, 0.6) is 0 Å². The number of imide groups is 1. The molecular formula is C25H30N4O3S. The van der Waals surface area contributed by atoms with E-state index in [9.17, 15) is 14.4 Å². The van der Waals surface area contributed by atoms with Gasteiger partial charge < -0.3 is 14.4 Å². The lowest BCUT2D eigenvalue weighted by Crippen LogP contribution is -2.51. The molecule has 0 atom stereocenters. The Kier molecular flexibility index (Phi) is 6.65. The first kappa shape index (κ1) is 23.2. The monoisotopic (exact) mass is 466 g/mol. The highest BCUT2D eigenvalue weighted by Gasteiger charge is 2.37. The number of amides is 3. The van der Waals surface area contributed by atoms with Crippen molar-refractivity contribution in [1.29, 1.82) is 0 Å². The van der Waals surface area contributed by atoms with Crippen LogP contribution in [0.4, 0.5) is 10.5 Å². The molecule has 2 aromatic rings. The van der Waals surface area contributed by atoms with Crippen molar-refractivity contribution in [2.75, 3.05) is 37.6 Å². The fraction of sp³-hybridized carbons (Fsp3) is 0.400. The Labute approximate surface area is 199 Å². The van der Waals surface area contributed by atoms with E-state index in [0.717, 1.165) is 52.4 Å². The van der Waals surface area contributed by atoms with E-state index < -0.39 is 5.91 Å². The van der Waals surface area contributed by atoms with E-state index in [0.29, 0.717) is 24.0 Å². The third-order valence-electron chi connectivity index (χ3n) is 6.25. The summed E-state index contributed by atoms with van der Waals surface area (Å²) >= 11 is 0.905. The quantitative estimate of drug-likeness (QED) is 0.622. The van der Waals surface area contributed by atoms with Crippen molar-refractivity contribution in [2.24, 2.45) is 0 Å². The van der Waals surface area contributed by atoms with Gasteiger partial charge in [0.15, 0.2) is 0 Å². The molecule has 2 fully saturated rings. The van der Waals surface area contributed by atoms with Crippen LogP contribution in [0.1, 0.15) is 36.8 Å². The predicted molar refractivity (Wildman–Crippen MR) is 132 cm³/mol. The maximum absolute atomic E-state index is 12.9. The Morgan fingerprint density at radius 3 is 2.33 bits per heavy atom. The van der Waals surface area contributed by atoms with Gasteiger partial charge in [-0.05, 0) is 69.3 Å². The van der Waals surface area contributed by atoms with Crippen molar-refractivity contribution in [3.63, 3.8) is 0 Å². The minimum Gasteiger partial charge on any atom is -0.368 e. The average Bonchev–Trinajstić information content (AvgIpc) is 3.23. The normalized spacial score (nSPS) is 18.2. The zero-order valence-corrected chi connectivity index (χ0v) is 20.4. The number of hydrogen-bond donors (Lipinski definition) is 0. The number of anilines is 1. The van der Waals surface area contributed by atoms with Crippen LogP contribution in [0.3, 0.4) is 0 Å². The second-order valence-electron chi connectivity index (χ2n) is 8.76. The molecule has 2 saturated heterocycles. The summed E-state index contributed by atoms with van der Waals surface area (Å²) in [5, 5.41) is -0.389. The number of benzene rings is 1. The zero-order valence-electron chi connectivity index (χ0n) is 19.6. The minimum absolute atomic E-state index is 0.191. The summed E-state index contributed by atoms with van der Waals surface area (Å²) in [5.41, 5.74) is 4.23. The van der Waals surface area contributed by atoms with Gasteiger partial charge in [-0.3, -0.25) is 19.3 Å². The second-order valence-corrected chi connectivity index (χ2v) is 9.75. The van der Waals surface area contributed by atoms with E-state index >= 15 is 0 Å². The molecule has 3 heterocycles. The van der Waals surface area contributed by atoms with E-state index in [2.05, 4.69) is 35.4 Å². The fourth-order valence-electron chi connectivity index (χ4n) is 4.61. The third kappa shape index (κ3) is 4.71. The number of carbonyl (C=O) groups is 3. The van der Waals surface area contributed by atoms with Crippen LogP contribution >= 0.6 is 11.8 Å². The molecule has 1 aromatic carbocycles. The number of thioether (sulfide) groups is 1. The van der Waals surface area contributed by atoms with E-state index in [1.807, 2.05) is 38.1 Å². The number of aryl methyl sites for hydroxylation is 1.